The van der Waals surface area contributed by atoms with Crippen molar-refractivity contribution < 1.29 is 19.5 Å². The summed E-state index contributed by atoms with van der Waals surface area (Å²) in [6, 6.07) is 8.77. The molecule has 1 fully saturated rings. The zero-order chi connectivity index (χ0) is 20.2. The molecule has 1 aromatic carbocycles. The molecule has 0 spiro atoms. The van der Waals surface area contributed by atoms with Gasteiger partial charge in [0.15, 0.2) is 5.54 Å². The summed E-state index contributed by atoms with van der Waals surface area (Å²) in [6.45, 7) is 8.30. The van der Waals surface area contributed by atoms with Crippen LogP contribution >= 0.6 is 0 Å². The minimum absolute atomic E-state index is 0.0167. The average Bonchev–Trinajstić information content (AvgIpc) is 2.65. The Morgan fingerprint density at radius 3 is 2.33 bits per heavy atom. The predicted octanol–water partition coefficient (Wildman–Crippen LogP) is 2.78. The monoisotopic (exact) mass is 374 g/mol. The first-order chi connectivity index (χ1) is 12.6. The van der Waals surface area contributed by atoms with Gasteiger partial charge in [-0.2, -0.15) is 0 Å². The topological polar surface area (TPSA) is 86.7 Å². The molecule has 2 unspecified atom stereocenters. The fraction of sp³-hybridized carbons (Fsp3) is 0.571. The van der Waals surface area contributed by atoms with Crippen LogP contribution in [0.1, 0.15) is 52.5 Å². The van der Waals surface area contributed by atoms with Crippen LogP contribution in [0.3, 0.4) is 0 Å². The van der Waals surface area contributed by atoms with Crippen molar-refractivity contribution in [3.8, 4) is 0 Å². The maximum absolute atomic E-state index is 13.0. The van der Waals surface area contributed by atoms with Crippen LogP contribution in [0.15, 0.2) is 30.3 Å². The van der Waals surface area contributed by atoms with Crippen molar-refractivity contribution in [2.24, 2.45) is 11.3 Å². The lowest BCUT2D eigenvalue weighted by atomic mass is 9.85. The highest BCUT2D eigenvalue weighted by atomic mass is 16.4. The molecule has 2 rings (SSSR count). The number of piperidine rings is 1. The summed E-state index contributed by atoms with van der Waals surface area (Å²) in [5.41, 5.74) is -1.42. The van der Waals surface area contributed by atoms with Gasteiger partial charge < -0.3 is 15.3 Å². The van der Waals surface area contributed by atoms with Crippen LogP contribution in [-0.2, 0) is 19.9 Å². The molecule has 2 N–H and O–H groups in total. The highest BCUT2D eigenvalue weighted by molar-refractivity contribution is 5.90. The maximum Gasteiger partial charge on any atom is 0.334 e. The molecular weight excluding hydrogens is 344 g/mol. The minimum atomic E-state index is -1.46. The second kappa shape index (κ2) is 8.11. The van der Waals surface area contributed by atoms with Gasteiger partial charge in [0.2, 0.25) is 11.8 Å². The number of nitrogens with one attached hydrogen (secondary N) is 1. The van der Waals surface area contributed by atoms with Crippen LogP contribution in [0.4, 0.5) is 0 Å². The van der Waals surface area contributed by atoms with E-state index in [0.29, 0.717) is 25.1 Å². The van der Waals surface area contributed by atoms with Gasteiger partial charge in [-0.05, 0) is 24.8 Å². The molecule has 1 heterocycles. The standard InChI is InChI=1S/C21H30N2O4/c1-5-21(19(26)27,16-11-7-6-8-12-16)22-17(24)15-10-9-13-23(14-15)18(25)20(2,3)4/h6-8,11-12,15H,5,9-10,13-14H2,1-4H3,(H,22,24)(H,26,27). The van der Waals surface area contributed by atoms with Gasteiger partial charge in [-0.1, -0.05) is 58.0 Å². The van der Waals surface area contributed by atoms with E-state index in [0.717, 1.165) is 6.42 Å². The molecule has 6 nitrogen and oxygen atoms in total. The lowest BCUT2D eigenvalue weighted by Gasteiger charge is -2.37. The van der Waals surface area contributed by atoms with E-state index in [2.05, 4.69) is 5.32 Å². The second-order valence-corrected chi connectivity index (χ2v) is 8.26. The lowest BCUT2D eigenvalue weighted by Crippen LogP contribution is -2.56. The van der Waals surface area contributed by atoms with E-state index in [4.69, 9.17) is 0 Å². The summed E-state index contributed by atoms with van der Waals surface area (Å²) in [5.74, 6) is -1.78. The van der Waals surface area contributed by atoms with E-state index in [9.17, 15) is 19.5 Å². The van der Waals surface area contributed by atoms with Crippen LogP contribution < -0.4 is 5.32 Å². The molecule has 0 saturated carbocycles. The third-order valence-corrected chi connectivity index (χ3v) is 5.22. The number of hydrogen-bond donors (Lipinski definition) is 2. The molecule has 0 aliphatic carbocycles. The minimum Gasteiger partial charge on any atom is -0.479 e. The largest absolute Gasteiger partial charge is 0.479 e. The normalized spacial score (nSPS) is 19.9. The fourth-order valence-electron chi connectivity index (χ4n) is 3.58. The number of nitrogens with zero attached hydrogens (tertiary/aromatic N) is 1. The van der Waals surface area contributed by atoms with Gasteiger partial charge in [-0.25, -0.2) is 4.79 Å². The van der Waals surface area contributed by atoms with Gasteiger partial charge in [-0.3, -0.25) is 9.59 Å². The first-order valence-corrected chi connectivity index (χ1v) is 9.52. The third-order valence-electron chi connectivity index (χ3n) is 5.22. The van der Waals surface area contributed by atoms with E-state index < -0.39 is 22.8 Å². The van der Waals surface area contributed by atoms with Crippen molar-refractivity contribution in [2.45, 2.75) is 52.5 Å². The number of amides is 2. The first kappa shape index (κ1) is 20.9. The second-order valence-electron chi connectivity index (χ2n) is 8.26. The van der Waals surface area contributed by atoms with E-state index in [1.54, 1.807) is 36.1 Å². The number of likely N-dealkylation sites (tertiary alicyclic amines) is 1. The molecular formula is C21H30N2O4. The molecule has 1 aromatic rings. The molecule has 1 saturated heterocycles. The molecule has 6 heteroatoms. The van der Waals surface area contributed by atoms with Gasteiger partial charge in [-0.15, -0.1) is 0 Å². The summed E-state index contributed by atoms with van der Waals surface area (Å²) in [4.78, 5) is 39.3. The molecule has 2 amide bonds. The summed E-state index contributed by atoms with van der Waals surface area (Å²) in [6.07, 6.45) is 1.61. The van der Waals surface area contributed by atoms with E-state index in [1.807, 2.05) is 26.8 Å². The van der Waals surface area contributed by atoms with Crippen LogP contribution in [0, 0.1) is 11.3 Å². The summed E-state index contributed by atoms with van der Waals surface area (Å²) in [5, 5.41) is 12.7. The van der Waals surface area contributed by atoms with E-state index >= 15 is 0 Å². The molecule has 1 aliphatic heterocycles. The Bertz CT molecular complexity index is 696. The number of carboxylic acid groups (broad SMARTS) is 1. The van der Waals surface area contributed by atoms with E-state index in [-0.39, 0.29) is 18.2 Å². The average molecular weight is 374 g/mol. The number of carbonyl (C=O) groups is 3. The number of aliphatic carboxylic acids is 1. The molecule has 148 valence electrons. The zero-order valence-corrected chi connectivity index (χ0v) is 16.6. The fourth-order valence-corrected chi connectivity index (χ4v) is 3.58. The highest BCUT2D eigenvalue weighted by Gasteiger charge is 2.42. The summed E-state index contributed by atoms with van der Waals surface area (Å²) < 4.78 is 0. The molecule has 2 atom stereocenters. The molecule has 0 bridgehead atoms. The smallest absolute Gasteiger partial charge is 0.334 e. The van der Waals surface area contributed by atoms with E-state index in [1.165, 1.54) is 0 Å². The van der Waals surface area contributed by atoms with Gasteiger partial charge >= 0.3 is 5.97 Å². The molecule has 1 aliphatic rings. The predicted molar refractivity (Wildman–Crippen MR) is 103 cm³/mol. The van der Waals surface area contributed by atoms with Crippen molar-refractivity contribution in [2.75, 3.05) is 13.1 Å². The van der Waals surface area contributed by atoms with Crippen molar-refractivity contribution in [1.82, 2.24) is 10.2 Å². The maximum atomic E-state index is 13.0. The Hall–Kier alpha value is -2.37. The van der Waals surface area contributed by atoms with Crippen molar-refractivity contribution in [3.05, 3.63) is 35.9 Å². The van der Waals surface area contributed by atoms with Crippen LogP contribution in [0.25, 0.3) is 0 Å². The number of rotatable bonds is 5. The van der Waals surface area contributed by atoms with Gasteiger partial charge in [0.1, 0.15) is 0 Å². The molecule has 0 radical (unpaired) electrons. The molecule has 27 heavy (non-hydrogen) atoms. The third kappa shape index (κ3) is 4.49. The molecule has 0 aromatic heterocycles. The van der Waals surface area contributed by atoms with Crippen molar-refractivity contribution in [1.29, 1.82) is 0 Å². The van der Waals surface area contributed by atoms with Gasteiger partial charge in [0.25, 0.3) is 0 Å². The Labute approximate surface area is 160 Å². The summed E-state index contributed by atoms with van der Waals surface area (Å²) in [7, 11) is 0. The Kier molecular flexibility index (Phi) is 6.29. The van der Waals surface area contributed by atoms with Crippen LogP contribution in [0.2, 0.25) is 0 Å². The van der Waals surface area contributed by atoms with Crippen molar-refractivity contribution >= 4 is 17.8 Å². The highest BCUT2D eigenvalue weighted by Crippen LogP contribution is 2.28. The Morgan fingerprint density at radius 2 is 1.81 bits per heavy atom. The number of hydrogen-bond acceptors (Lipinski definition) is 3. The lowest BCUT2D eigenvalue weighted by molar-refractivity contribution is -0.150. The quantitative estimate of drug-likeness (QED) is 0.830. The van der Waals surface area contributed by atoms with Crippen molar-refractivity contribution in [3.63, 3.8) is 0 Å². The number of carboxylic acids is 1. The number of benzene rings is 1. The number of carbonyl (C=O) groups excluding carboxylic acids is 2. The SMILES string of the molecule is CCC(NC(=O)C1CCCN(C(=O)C(C)(C)C)C1)(C(=O)O)c1ccccc1. The summed E-state index contributed by atoms with van der Waals surface area (Å²) >= 11 is 0. The van der Waals surface area contributed by atoms with Crippen LogP contribution in [0.5, 0.6) is 0 Å². The van der Waals surface area contributed by atoms with Gasteiger partial charge in [0, 0.05) is 18.5 Å². The zero-order valence-electron chi connectivity index (χ0n) is 16.6. The van der Waals surface area contributed by atoms with Crippen LogP contribution in [-0.4, -0.2) is 40.9 Å². The first-order valence-electron chi connectivity index (χ1n) is 9.52. The Balaban J connectivity index is 2.20. The van der Waals surface area contributed by atoms with Gasteiger partial charge in [0.05, 0.1) is 5.92 Å². The Morgan fingerprint density at radius 1 is 1.19 bits per heavy atom.